The molecule has 174 valence electrons. The molecule has 0 radical (unpaired) electrons. The first kappa shape index (κ1) is 27.3. The first-order chi connectivity index (χ1) is 14.3. The molecule has 0 aliphatic rings. The summed E-state index contributed by atoms with van der Waals surface area (Å²) < 4.78 is 25.2. The standard InChI is InChI=1S/C17H25N3O11/c1-8(21)27-7-14(29-10(3)23)16(31-12(5)25)15(30-11(4)24)13(28-9(2)22)6-19-20-17(18)26/h6,13-16H,7H2,1-5H3,(H3,18,20,26)/b19-6+. The predicted octanol–water partition coefficient (Wildman–Crippen LogP) is -1.07. The Morgan fingerprint density at radius 1 is 0.774 bits per heavy atom. The van der Waals surface area contributed by atoms with Gasteiger partial charge in [0.05, 0.1) is 6.21 Å². The Morgan fingerprint density at radius 2 is 1.26 bits per heavy atom. The first-order valence-electron chi connectivity index (χ1n) is 8.74. The van der Waals surface area contributed by atoms with E-state index < -0.39 is 66.9 Å². The van der Waals surface area contributed by atoms with E-state index in [1.165, 1.54) is 0 Å². The number of carbonyl (C=O) groups excluding carboxylic acids is 6. The summed E-state index contributed by atoms with van der Waals surface area (Å²) in [7, 11) is 0. The molecule has 3 N–H and O–H groups in total. The van der Waals surface area contributed by atoms with Gasteiger partial charge in [-0.15, -0.1) is 0 Å². The van der Waals surface area contributed by atoms with Crippen molar-refractivity contribution in [3.05, 3.63) is 0 Å². The monoisotopic (exact) mass is 447 g/mol. The molecule has 0 saturated heterocycles. The molecule has 0 aliphatic carbocycles. The van der Waals surface area contributed by atoms with Gasteiger partial charge in [0, 0.05) is 34.6 Å². The molecule has 0 aromatic heterocycles. The van der Waals surface area contributed by atoms with Crippen molar-refractivity contribution in [2.75, 3.05) is 6.61 Å². The molecule has 0 spiro atoms. The van der Waals surface area contributed by atoms with Crippen LogP contribution in [0.15, 0.2) is 5.10 Å². The molecule has 0 bridgehead atoms. The molecule has 0 aromatic rings. The van der Waals surface area contributed by atoms with E-state index in [2.05, 4.69) is 5.10 Å². The summed E-state index contributed by atoms with van der Waals surface area (Å²) in [6.45, 7) is 4.57. The van der Waals surface area contributed by atoms with E-state index >= 15 is 0 Å². The molecule has 0 aromatic carbocycles. The Morgan fingerprint density at radius 3 is 1.68 bits per heavy atom. The van der Waals surface area contributed by atoms with Crippen LogP contribution in [0.2, 0.25) is 0 Å². The number of primary amides is 1. The lowest BCUT2D eigenvalue weighted by molar-refractivity contribution is -0.197. The molecule has 0 saturated carbocycles. The summed E-state index contributed by atoms with van der Waals surface area (Å²) in [6, 6.07) is -1.05. The second-order valence-corrected chi connectivity index (χ2v) is 5.93. The van der Waals surface area contributed by atoms with Crippen LogP contribution in [0.25, 0.3) is 0 Å². The Labute approximate surface area is 177 Å². The van der Waals surface area contributed by atoms with Gasteiger partial charge >= 0.3 is 35.9 Å². The highest BCUT2D eigenvalue weighted by molar-refractivity contribution is 5.76. The Bertz CT molecular complexity index is 722. The summed E-state index contributed by atoms with van der Waals surface area (Å²) in [4.78, 5) is 68.5. The van der Waals surface area contributed by atoms with Gasteiger partial charge < -0.3 is 29.4 Å². The largest absolute Gasteiger partial charge is 0.462 e. The third-order valence-corrected chi connectivity index (χ3v) is 3.08. The zero-order valence-corrected chi connectivity index (χ0v) is 17.6. The van der Waals surface area contributed by atoms with Gasteiger partial charge in [0.1, 0.15) is 6.61 Å². The summed E-state index contributed by atoms with van der Waals surface area (Å²) in [6.07, 6.45) is -5.43. The van der Waals surface area contributed by atoms with Crippen LogP contribution in [-0.2, 0) is 47.7 Å². The highest BCUT2D eigenvalue weighted by Gasteiger charge is 2.43. The minimum absolute atomic E-state index is 0.589. The van der Waals surface area contributed by atoms with Crippen LogP contribution in [0.1, 0.15) is 34.6 Å². The molecule has 0 aliphatic heterocycles. The van der Waals surface area contributed by atoms with Crippen molar-refractivity contribution in [1.29, 1.82) is 0 Å². The number of carbonyl (C=O) groups is 6. The Balaban J connectivity index is 6.30. The fourth-order valence-corrected chi connectivity index (χ4v) is 2.22. The fraction of sp³-hybridized carbons (Fsp3) is 0.588. The van der Waals surface area contributed by atoms with Crippen molar-refractivity contribution in [2.24, 2.45) is 10.8 Å². The van der Waals surface area contributed by atoms with Crippen molar-refractivity contribution in [1.82, 2.24) is 5.43 Å². The van der Waals surface area contributed by atoms with Gasteiger partial charge in [-0.3, -0.25) is 24.0 Å². The number of ether oxygens (including phenoxy) is 5. The maximum atomic E-state index is 11.7. The van der Waals surface area contributed by atoms with Gasteiger partial charge in [-0.25, -0.2) is 10.2 Å². The van der Waals surface area contributed by atoms with E-state index in [4.69, 9.17) is 29.4 Å². The molecule has 4 unspecified atom stereocenters. The van der Waals surface area contributed by atoms with Gasteiger partial charge in [-0.2, -0.15) is 5.10 Å². The zero-order chi connectivity index (χ0) is 24.1. The molecule has 0 heterocycles. The van der Waals surface area contributed by atoms with E-state index in [-0.39, 0.29) is 0 Å². The number of amides is 2. The summed E-state index contributed by atoms with van der Waals surface area (Å²) in [5.74, 6) is -4.24. The predicted molar refractivity (Wildman–Crippen MR) is 100 cm³/mol. The van der Waals surface area contributed by atoms with Crippen LogP contribution in [0.5, 0.6) is 0 Å². The number of hydrogen-bond donors (Lipinski definition) is 2. The molecule has 0 rings (SSSR count). The molecule has 4 atom stereocenters. The van der Waals surface area contributed by atoms with Crippen molar-refractivity contribution in [3.8, 4) is 0 Å². The van der Waals surface area contributed by atoms with Gasteiger partial charge in [-0.1, -0.05) is 0 Å². The number of rotatable bonds is 11. The number of nitrogens with zero attached hydrogens (tertiary/aromatic N) is 1. The third-order valence-electron chi connectivity index (χ3n) is 3.08. The van der Waals surface area contributed by atoms with E-state index in [1.807, 2.05) is 5.43 Å². The van der Waals surface area contributed by atoms with Crippen molar-refractivity contribution in [2.45, 2.75) is 59.0 Å². The minimum Gasteiger partial charge on any atom is -0.462 e. The summed E-state index contributed by atoms with van der Waals surface area (Å²) in [5.41, 5.74) is 6.75. The highest BCUT2D eigenvalue weighted by atomic mass is 16.6. The van der Waals surface area contributed by atoms with Crippen molar-refractivity contribution < 1.29 is 52.5 Å². The number of hydrazone groups is 1. The number of esters is 5. The van der Waals surface area contributed by atoms with Gasteiger partial charge in [0.15, 0.2) is 24.4 Å². The average molecular weight is 447 g/mol. The van der Waals surface area contributed by atoms with Crippen LogP contribution in [-0.4, -0.2) is 73.1 Å². The maximum absolute atomic E-state index is 11.7. The SMILES string of the molecule is CC(=O)OCC(OC(C)=O)C(OC(C)=O)C(OC(C)=O)C(/C=N/NC(N)=O)OC(C)=O. The van der Waals surface area contributed by atoms with E-state index in [1.54, 1.807) is 0 Å². The lowest BCUT2D eigenvalue weighted by atomic mass is 10.0. The quantitative estimate of drug-likeness (QED) is 0.169. The second-order valence-electron chi connectivity index (χ2n) is 5.93. The third kappa shape index (κ3) is 12.5. The second kappa shape index (κ2) is 13.5. The Hall–Kier alpha value is -3.71. The smallest absolute Gasteiger partial charge is 0.332 e. The fourth-order valence-electron chi connectivity index (χ4n) is 2.22. The van der Waals surface area contributed by atoms with Gasteiger partial charge in [-0.05, 0) is 0 Å². The molecule has 0 fully saturated rings. The molecular weight excluding hydrogens is 422 g/mol. The van der Waals surface area contributed by atoms with Gasteiger partial charge in [0.25, 0.3) is 0 Å². The number of nitrogens with two attached hydrogens (primary N) is 1. The lowest BCUT2D eigenvalue weighted by Gasteiger charge is -2.34. The molecule has 14 nitrogen and oxygen atoms in total. The van der Waals surface area contributed by atoms with Gasteiger partial charge in [0.2, 0.25) is 0 Å². The summed E-state index contributed by atoms with van der Waals surface area (Å²) in [5, 5.41) is 3.46. The number of hydrogen-bond acceptors (Lipinski definition) is 12. The van der Waals surface area contributed by atoms with E-state index in [0.717, 1.165) is 40.8 Å². The number of urea groups is 1. The number of nitrogens with one attached hydrogen (secondary N) is 1. The molecule has 31 heavy (non-hydrogen) atoms. The topological polar surface area (TPSA) is 199 Å². The summed E-state index contributed by atoms with van der Waals surface area (Å²) >= 11 is 0. The van der Waals surface area contributed by atoms with Crippen LogP contribution in [0.4, 0.5) is 4.79 Å². The first-order valence-corrected chi connectivity index (χ1v) is 8.74. The lowest BCUT2D eigenvalue weighted by Crippen LogP contribution is -2.53. The normalized spacial score (nSPS) is 14.4. The van der Waals surface area contributed by atoms with Crippen molar-refractivity contribution in [3.63, 3.8) is 0 Å². The molecule has 14 heteroatoms. The van der Waals surface area contributed by atoms with E-state index in [0.29, 0.717) is 0 Å². The van der Waals surface area contributed by atoms with E-state index in [9.17, 15) is 28.8 Å². The van der Waals surface area contributed by atoms with Crippen LogP contribution < -0.4 is 11.2 Å². The minimum atomic E-state index is -1.64. The van der Waals surface area contributed by atoms with Crippen LogP contribution in [0, 0.1) is 0 Å². The molecular formula is C17H25N3O11. The molecule has 2 amide bonds. The highest BCUT2D eigenvalue weighted by Crippen LogP contribution is 2.19. The maximum Gasteiger partial charge on any atom is 0.332 e. The van der Waals surface area contributed by atoms with Crippen molar-refractivity contribution >= 4 is 42.1 Å². The Kier molecular flexibility index (Phi) is 11.9. The van der Waals surface area contributed by atoms with Crippen LogP contribution in [0.3, 0.4) is 0 Å². The van der Waals surface area contributed by atoms with Crippen LogP contribution >= 0.6 is 0 Å². The zero-order valence-electron chi connectivity index (χ0n) is 17.6. The average Bonchev–Trinajstić information content (AvgIpc) is 2.59.